The largest absolute Gasteiger partial charge is 0.343 e. The zero-order chi connectivity index (χ0) is 15.2. The molecule has 5 heteroatoms. The molecule has 2 aromatic rings. The molecule has 0 spiro atoms. The van der Waals surface area contributed by atoms with Gasteiger partial charge >= 0.3 is 0 Å². The number of aryl methyl sites for hydroxylation is 1. The third-order valence-electron chi connectivity index (χ3n) is 3.33. The zero-order valence-electron chi connectivity index (χ0n) is 12.1. The first-order valence-corrected chi connectivity index (χ1v) is 7.84. The Kier molecular flexibility index (Phi) is 5.59. The van der Waals surface area contributed by atoms with Crippen LogP contribution in [0.25, 0.3) is 0 Å². The van der Waals surface area contributed by atoms with Crippen molar-refractivity contribution >= 4 is 21.8 Å². The van der Waals surface area contributed by atoms with Crippen LogP contribution in [0.15, 0.2) is 47.1 Å². The highest BCUT2D eigenvalue weighted by Crippen LogP contribution is 2.17. The summed E-state index contributed by atoms with van der Waals surface area (Å²) in [5, 5.41) is 0. The number of carbonyl (C=O) groups is 1. The Hall–Kier alpha value is -1.59. The molecule has 2 N–H and O–H groups in total. The van der Waals surface area contributed by atoms with Crippen molar-refractivity contribution in [2.24, 2.45) is 5.73 Å². The van der Waals surface area contributed by atoms with Gasteiger partial charge in [-0.2, -0.15) is 0 Å². The van der Waals surface area contributed by atoms with E-state index in [4.69, 9.17) is 5.73 Å². The maximum atomic E-state index is 12.8. The number of aromatic nitrogens is 1. The third-order valence-corrected chi connectivity index (χ3v) is 3.76. The average molecular weight is 350 g/mol. The summed E-state index contributed by atoms with van der Waals surface area (Å²) in [5.41, 5.74) is 7.46. The first kappa shape index (κ1) is 15.8. The predicted octanol–water partition coefficient (Wildman–Crippen LogP) is 2.87. The van der Waals surface area contributed by atoms with Crippen molar-refractivity contribution in [3.8, 4) is 0 Å². The molecule has 1 aromatic carbocycles. The van der Waals surface area contributed by atoms with Gasteiger partial charge in [-0.25, -0.2) is 0 Å². The Balaban J connectivity index is 2.22. The summed E-state index contributed by atoms with van der Waals surface area (Å²) in [5.74, 6) is 0.0110. The third kappa shape index (κ3) is 3.95. The molecular formula is C16H20BrN3O. The number of hydrogen-bond donors (Lipinski definition) is 1. The lowest BCUT2D eigenvalue weighted by molar-refractivity contribution is 0.0737. The topological polar surface area (TPSA) is 51.3 Å². The molecule has 4 nitrogen and oxygen atoms in total. The summed E-state index contributed by atoms with van der Waals surface area (Å²) in [7, 11) is 0. The van der Waals surface area contributed by atoms with E-state index in [1.54, 1.807) is 4.90 Å². The van der Waals surface area contributed by atoms with E-state index in [0.717, 1.165) is 16.6 Å². The Morgan fingerprint density at radius 1 is 1.33 bits per heavy atom. The molecule has 1 amide bonds. The van der Waals surface area contributed by atoms with Crippen molar-refractivity contribution in [1.82, 2.24) is 9.47 Å². The van der Waals surface area contributed by atoms with E-state index in [2.05, 4.69) is 15.9 Å². The van der Waals surface area contributed by atoms with Crippen LogP contribution in [-0.4, -0.2) is 28.5 Å². The Labute approximate surface area is 133 Å². The number of hydrogen-bond acceptors (Lipinski definition) is 2. The monoisotopic (exact) mass is 349 g/mol. The molecule has 0 fully saturated rings. The van der Waals surface area contributed by atoms with Crippen molar-refractivity contribution in [3.05, 3.63) is 58.3 Å². The predicted molar refractivity (Wildman–Crippen MR) is 88.0 cm³/mol. The molecule has 0 unspecified atom stereocenters. The first-order valence-electron chi connectivity index (χ1n) is 7.04. The van der Waals surface area contributed by atoms with Gasteiger partial charge in [0, 0.05) is 36.8 Å². The van der Waals surface area contributed by atoms with E-state index in [-0.39, 0.29) is 5.91 Å². The smallest absolute Gasteiger partial charge is 0.270 e. The fourth-order valence-electron chi connectivity index (χ4n) is 2.29. The summed E-state index contributed by atoms with van der Waals surface area (Å²) in [4.78, 5) is 14.6. The fourth-order valence-corrected chi connectivity index (χ4v) is 2.75. The molecule has 2 rings (SSSR count). The molecule has 0 atom stereocenters. The number of nitrogens with zero attached hydrogens (tertiary/aromatic N) is 2. The quantitative estimate of drug-likeness (QED) is 0.871. The highest BCUT2D eigenvalue weighted by atomic mass is 79.9. The minimum atomic E-state index is 0.0110. The molecule has 0 aliphatic carbocycles. The number of carbonyl (C=O) groups excluding carboxylic acids is 1. The van der Waals surface area contributed by atoms with Crippen LogP contribution in [0.5, 0.6) is 0 Å². The maximum Gasteiger partial charge on any atom is 0.270 e. The van der Waals surface area contributed by atoms with Crippen molar-refractivity contribution in [2.75, 3.05) is 13.1 Å². The number of rotatable bonds is 6. The van der Waals surface area contributed by atoms with Gasteiger partial charge in [-0.3, -0.25) is 4.79 Å². The SMILES string of the molecule is CCn1cc(Br)cc1C(=O)N(CCN)Cc1ccccc1. The number of nitrogens with two attached hydrogens (primary N) is 1. The van der Waals surface area contributed by atoms with Crippen LogP contribution in [-0.2, 0) is 13.1 Å². The maximum absolute atomic E-state index is 12.8. The van der Waals surface area contributed by atoms with Crippen LogP contribution in [0.4, 0.5) is 0 Å². The summed E-state index contributed by atoms with van der Waals surface area (Å²) in [6.07, 6.45) is 1.93. The molecule has 112 valence electrons. The molecule has 0 aliphatic rings. The van der Waals surface area contributed by atoms with Crippen molar-refractivity contribution < 1.29 is 4.79 Å². The lowest BCUT2D eigenvalue weighted by Gasteiger charge is -2.22. The van der Waals surface area contributed by atoms with E-state index >= 15 is 0 Å². The fraction of sp³-hybridized carbons (Fsp3) is 0.312. The second-order valence-corrected chi connectivity index (χ2v) is 5.75. The van der Waals surface area contributed by atoms with Crippen LogP contribution >= 0.6 is 15.9 Å². The lowest BCUT2D eigenvalue weighted by atomic mass is 10.2. The molecule has 1 aromatic heterocycles. The van der Waals surface area contributed by atoms with Gasteiger partial charge in [0.2, 0.25) is 0 Å². The van der Waals surface area contributed by atoms with Gasteiger partial charge in [0.05, 0.1) is 0 Å². The van der Waals surface area contributed by atoms with Gasteiger partial charge in [-0.05, 0) is 34.5 Å². The van der Waals surface area contributed by atoms with E-state index in [9.17, 15) is 4.79 Å². The van der Waals surface area contributed by atoms with Crippen LogP contribution < -0.4 is 5.73 Å². The first-order chi connectivity index (χ1) is 10.2. The van der Waals surface area contributed by atoms with Crippen molar-refractivity contribution in [2.45, 2.75) is 20.0 Å². The van der Waals surface area contributed by atoms with Crippen LogP contribution in [0.3, 0.4) is 0 Å². The second-order valence-electron chi connectivity index (χ2n) is 4.83. The number of halogens is 1. The van der Waals surface area contributed by atoms with Crippen molar-refractivity contribution in [3.63, 3.8) is 0 Å². The van der Waals surface area contributed by atoms with Gasteiger partial charge in [0.25, 0.3) is 5.91 Å². The van der Waals surface area contributed by atoms with E-state index in [1.807, 2.05) is 54.1 Å². The van der Waals surface area contributed by atoms with E-state index < -0.39 is 0 Å². The Morgan fingerprint density at radius 3 is 2.67 bits per heavy atom. The Bertz CT molecular complexity index is 595. The lowest BCUT2D eigenvalue weighted by Crippen LogP contribution is -2.36. The van der Waals surface area contributed by atoms with Crippen LogP contribution in [0.1, 0.15) is 23.0 Å². The van der Waals surface area contributed by atoms with Crippen LogP contribution in [0, 0.1) is 0 Å². The van der Waals surface area contributed by atoms with Gasteiger partial charge in [0.1, 0.15) is 5.69 Å². The molecule has 0 radical (unpaired) electrons. The number of benzene rings is 1. The average Bonchev–Trinajstić information content (AvgIpc) is 2.88. The minimum absolute atomic E-state index is 0.0110. The highest BCUT2D eigenvalue weighted by Gasteiger charge is 2.19. The van der Waals surface area contributed by atoms with Gasteiger partial charge in [0.15, 0.2) is 0 Å². The highest BCUT2D eigenvalue weighted by molar-refractivity contribution is 9.10. The number of amides is 1. The van der Waals surface area contributed by atoms with E-state index in [1.165, 1.54) is 0 Å². The van der Waals surface area contributed by atoms with Gasteiger partial charge in [-0.15, -0.1) is 0 Å². The molecule has 21 heavy (non-hydrogen) atoms. The summed E-state index contributed by atoms with van der Waals surface area (Å²) in [6, 6.07) is 11.8. The molecule has 0 aliphatic heterocycles. The molecule has 0 bridgehead atoms. The van der Waals surface area contributed by atoms with Crippen molar-refractivity contribution in [1.29, 1.82) is 0 Å². The van der Waals surface area contributed by atoms with Gasteiger partial charge < -0.3 is 15.2 Å². The second kappa shape index (κ2) is 7.43. The molecule has 0 saturated carbocycles. The molecule has 0 saturated heterocycles. The normalized spacial score (nSPS) is 10.6. The molecular weight excluding hydrogens is 330 g/mol. The standard InChI is InChI=1S/C16H20BrN3O/c1-2-19-12-14(17)10-15(19)16(21)20(9-8-18)11-13-6-4-3-5-7-13/h3-7,10,12H,2,8-9,11,18H2,1H3. The van der Waals surface area contributed by atoms with Crippen LogP contribution in [0.2, 0.25) is 0 Å². The van der Waals surface area contributed by atoms with E-state index in [0.29, 0.717) is 25.3 Å². The summed E-state index contributed by atoms with van der Waals surface area (Å²) in [6.45, 7) is 4.35. The summed E-state index contributed by atoms with van der Waals surface area (Å²) >= 11 is 3.43. The summed E-state index contributed by atoms with van der Waals surface area (Å²) < 4.78 is 2.86. The zero-order valence-corrected chi connectivity index (χ0v) is 13.7. The van der Waals surface area contributed by atoms with Gasteiger partial charge in [-0.1, -0.05) is 30.3 Å². The minimum Gasteiger partial charge on any atom is -0.343 e. The Morgan fingerprint density at radius 2 is 2.05 bits per heavy atom. The molecule has 1 heterocycles.